The molecule has 0 amide bonds. The smallest absolute Gasteiger partial charge is 0.0495 e. The molecule has 0 saturated heterocycles. The average Bonchev–Trinajstić information content (AvgIpc) is 3.54. The summed E-state index contributed by atoms with van der Waals surface area (Å²) < 4.78 is 0. The van der Waals surface area contributed by atoms with Crippen LogP contribution in [-0.4, -0.2) is 11.7 Å². The SMILES string of the molecule is C=N.C[C@H]1C=CC=CC1.Cc1ccccc1.Cc1ccccc1-c1cc(-c2ccc(-c3cc(C)c4[nH]c5ccccc5c4c3)cc2)ccc1C. The maximum Gasteiger partial charge on any atom is 0.0495 e. The number of H-pyrrole nitrogens is 1. The summed E-state index contributed by atoms with van der Waals surface area (Å²) in [7, 11) is 0. The first-order chi connectivity index (χ1) is 24.4. The normalized spacial score (nSPS) is 13.0. The molecule has 250 valence electrons. The van der Waals surface area contributed by atoms with Gasteiger partial charge in [-0.25, -0.2) is 0 Å². The predicted octanol–water partition coefficient (Wildman–Crippen LogP) is 13.6. The van der Waals surface area contributed by atoms with Crippen molar-refractivity contribution in [3.05, 3.63) is 180 Å². The van der Waals surface area contributed by atoms with Gasteiger partial charge in [0.05, 0.1) is 0 Å². The average molecular weight is 653 g/mol. The Morgan fingerprint density at radius 2 is 1.16 bits per heavy atom. The summed E-state index contributed by atoms with van der Waals surface area (Å²) in [6.45, 7) is 13.4. The molecule has 1 aromatic heterocycles. The van der Waals surface area contributed by atoms with Gasteiger partial charge in [-0.15, -0.1) is 0 Å². The summed E-state index contributed by atoms with van der Waals surface area (Å²) >= 11 is 0. The summed E-state index contributed by atoms with van der Waals surface area (Å²) in [5.74, 6) is 0.769. The third-order valence-corrected chi connectivity index (χ3v) is 9.17. The molecule has 7 aromatic rings. The Bertz CT molecular complexity index is 2220. The minimum Gasteiger partial charge on any atom is -0.354 e. The van der Waals surface area contributed by atoms with Gasteiger partial charge in [0.15, 0.2) is 0 Å². The molecule has 0 unspecified atom stereocenters. The third-order valence-electron chi connectivity index (χ3n) is 9.17. The second-order valence-electron chi connectivity index (χ2n) is 13.0. The quantitative estimate of drug-likeness (QED) is 0.178. The molecule has 6 aromatic carbocycles. The third kappa shape index (κ3) is 8.64. The van der Waals surface area contributed by atoms with Crippen LogP contribution in [0.3, 0.4) is 0 Å². The van der Waals surface area contributed by atoms with Gasteiger partial charge in [0.1, 0.15) is 0 Å². The molecule has 8 rings (SSSR count). The maximum absolute atomic E-state index is 5.50. The van der Waals surface area contributed by atoms with Crippen molar-refractivity contribution in [3.8, 4) is 33.4 Å². The topological polar surface area (TPSA) is 39.6 Å². The predicted molar refractivity (Wildman–Crippen MR) is 219 cm³/mol. The first-order valence-corrected chi connectivity index (χ1v) is 17.4. The maximum atomic E-state index is 5.50. The van der Waals surface area contributed by atoms with Crippen LogP contribution >= 0.6 is 0 Å². The fraction of sp³-hybridized carbons (Fsp3) is 0.146. The highest BCUT2D eigenvalue weighted by molar-refractivity contribution is 6.09. The lowest BCUT2D eigenvalue weighted by Crippen LogP contribution is -1.89. The lowest BCUT2D eigenvalue weighted by atomic mass is 9.92. The van der Waals surface area contributed by atoms with Crippen LogP contribution in [0, 0.1) is 39.0 Å². The van der Waals surface area contributed by atoms with Crippen LogP contribution in [0.4, 0.5) is 0 Å². The Labute approximate surface area is 298 Å². The van der Waals surface area contributed by atoms with Crippen molar-refractivity contribution >= 4 is 28.5 Å². The van der Waals surface area contributed by atoms with E-state index in [0.717, 1.165) is 5.92 Å². The van der Waals surface area contributed by atoms with Crippen molar-refractivity contribution in [3.63, 3.8) is 0 Å². The van der Waals surface area contributed by atoms with E-state index in [-0.39, 0.29) is 0 Å². The molecule has 50 heavy (non-hydrogen) atoms. The van der Waals surface area contributed by atoms with E-state index in [1.54, 1.807) is 0 Å². The number of para-hydroxylation sites is 1. The number of hydrogen-bond donors (Lipinski definition) is 2. The molecular weight excluding hydrogens is 605 g/mol. The van der Waals surface area contributed by atoms with Gasteiger partial charge in [0.25, 0.3) is 0 Å². The highest BCUT2D eigenvalue weighted by Crippen LogP contribution is 2.35. The van der Waals surface area contributed by atoms with E-state index < -0.39 is 0 Å². The highest BCUT2D eigenvalue weighted by Gasteiger charge is 2.11. The minimum absolute atomic E-state index is 0.769. The van der Waals surface area contributed by atoms with E-state index in [1.165, 1.54) is 83.9 Å². The number of aromatic amines is 1. The second-order valence-corrected chi connectivity index (χ2v) is 13.0. The Hall–Kier alpha value is -5.73. The molecule has 0 saturated carbocycles. The number of nitrogens with one attached hydrogen (secondary N) is 2. The van der Waals surface area contributed by atoms with E-state index in [1.807, 2.05) is 18.2 Å². The number of aromatic nitrogens is 1. The molecule has 2 N–H and O–H groups in total. The molecule has 0 bridgehead atoms. The molecule has 1 atom stereocenters. The molecule has 1 aliphatic rings. The van der Waals surface area contributed by atoms with Gasteiger partial charge >= 0.3 is 0 Å². The van der Waals surface area contributed by atoms with E-state index in [4.69, 9.17) is 5.41 Å². The van der Waals surface area contributed by atoms with Gasteiger partial charge in [0.2, 0.25) is 0 Å². The van der Waals surface area contributed by atoms with Crippen molar-refractivity contribution in [2.24, 2.45) is 5.92 Å². The number of fused-ring (bicyclic) bond motifs is 3. The number of allylic oxidation sites excluding steroid dienone is 4. The van der Waals surface area contributed by atoms with Gasteiger partial charge in [-0.2, -0.15) is 0 Å². The zero-order chi connectivity index (χ0) is 35.5. The van der Waals surface area contributed by atoms with E-state index in [9.17, 15) is 0 Å². The first kappa shape index (κ1) is 35.6. The fourth-order valence-electron chi connectivity index (χ4n) is 6.35. The molecular formula is C48H48N2. The first-order valence-electron chi connectivity index (χ1n) is 17.4. The van der Waals surface area contributed by atoms with Crippen LogP contribution in [0.15, 0.2) is 158 Å². The molecule has 0 aliphatic heterocycles. The van der Waals surface area contributed by atoms with Crippen molar-refractivity contribution in [1.29, 1.82) is 5.41 Å². The van der Waals surface area contributed by atoms with E-state index >= 15 is 0 Å². The van der Waals surface area contributed by atoms with Crippen molar-refractivity contribution in [2.45, 2.75) is 41.0 Å². The monoisotopic (exact) mass is 652 g/mol. The zero-order valence-corrected chi connectivity index (χ0v) is 30.0. The summed E-state index contributed by atoms with van der Waals surface area (Å²) in [5, 5.41) is 8.07. The molecule has 1 heterocycles. The van der Waals surface area contributed by atoms with Crippen LogP contribution in [0.2, 0.25) is 0 Å². The Balaban J connectivity index is 0.000000251. The Kier molecular flexibility index (Phi) is 12.2. The van der Waals surface area contributed by atoms with Crippen molar-refractivity contribution in [2.75, 3.05) is 0 Å². The van der Waals surface area contributed by atoms with Crippen LogP contribution in [-0.2, 0) is 0 Å². The molecule has 1 aliphatic carbocycles. The number of hydrogen-bond acceptors (Lipinski definition) is 1. The number of rotatable bonds is 3. The lowest BCUT2D eigenvalue weighted by Gasteiger charge is -2.12. The summed E-state index contributed by atoms with van der Waals surface area (Å²) in [6.07, 6.45) is 9.84. The molecule has 0 fully saturated rings. The molecule has 0 radical (unpaired) electrons. The van der Waals surface area contributed by atoms with Gasteiger partial charge in [0, 0.05) is 21.8 Å². The van der Waals surface area contributed by atoms with Crippen molar-refractivity contribution in [1.82, 2.24) is 4.98 Å². The van der Waals surface area contributed by atoms with Gasteiger partial charge < -0.3 is 10.4 Å². The van der Waals surface area contributed by atoms with Gasteiger partial charge in [-0.1, -0.05) is 146 Å². The largest absolute Gasteiger partial charge is 0.354 e. The van der Waals surface area contributed by atoms with Gasteiger partial charge in [-0.3, -0.25) is 0 Å². The second kappa shape index (κ2) is 17.1. The fourth-order valence-corrected chi connectivity index (χ4v) is 6.35. The van der Waals surface area contributed by atoms with Crippen LogP contribution in [0.25, 0.3) is 55.2 Å². The molecule has 2 heteroatoms. The number of benzene rings is 6. The van der Waals surface area contributed by atoms with Gasteiger partial charge in [-0.05, 0) is 121 Å². The van der Waals surface area contributed by atoms with E-state index in [2.05, 4.69) is 186 Å². The molecule has 2 nitrogen and oxygen atoms in total. The summed E-state index contributed by atoms with van der Waals surface area (Å²) in [5.41, 5.74) is 15.2. The Morgan fingerprint density at radius 1 is 0.540 bits per heavy atom. The van der Waals surface area contributed by atoms with E-state index in [0.29, 0.717) is 0 Å². The minimum atomic E-state index is 0.769. The van der Waals surface area contributed by atoms with Crippen molar-refractivity contribution < 1.29 is 0 Å². The van der Waals surface area contributed by atoms with Crippen LogP contribution in [0.1, 0.15) is 35.6 Å². The van der Waals surface area contributed by atoms with Crippen LogP contribution < -0.4 is 0 Å². The zero-order valence-electron chi connectivity index (χ0n) is 30.0. The lowest BCUT2D eigenvalue weighted by molar-refractivity contribution is 0.737. The molecule has 0 spiro atoms. The Morgan fingerprint density at radius 3 is 1.78 bits per heavy atom. The summed E-state index contributed by atoms with van der Waals surface area (Å²) in [6, 6.07) is 47.8. The highest BCUT2D eigenvalue weighted by atomic mass is 14.7. The standard InChI is InChI=1S/C33H27N.C7H10.C7H8.CH3N/c1-21-8-4-5-9-28(21)30-19-26(13-12-22(30)2)24-14-16-25(17-15-24)27-18-23(3)33-31(20-27)29-10-6-7-11-32(29)34-33;2*1-7-5-3-2-4-6-7;1-2/h4-20,34H,1-3H3;2-5,7H,6H2,1H3;2-6H,1H3;2H,1H2/t;7-;;/m.0../s1. The van der Waals surface area contributed by atoms with Crippen LogP contribution in [0.5, 0.6) is 0 Å². The number of aryl methyl sites for hydroxylation is 4. The summed E-state index contributed by atoms with van der Waals surface area (Å²) in [4.78, 5) is 3.58.